The van der Waals surface area contributed by atoms with Crippen molar-refractivity contribution >= 4 is 30.5 Å². The van der Waals surface area contributed by atoms with Crippen molar-refractivity contribution < 1.29 is 0 Å². The zero-order chi connectivity index (χ0) is 8.69. The van der Waals surface area contributed by atoms with Crippen LogP contribution in [0.4, 0.5) is 5.69 Å². The van der Waals surface area contributed by atoms with Gasteiger partial charge in [0, 0.05) is 19.8 Å². The molecular formula is C9H18Cl2N2. The molecule has 0 spiro atoms. The molecule has 0 atom stereocenters. The molecule has 78 valence electrons. The number of anilines is 1. The Labute approximate surface area is 92.9 Å². The quantitative estimate of drug-likeness (QED) is 0.793. The number of benzene rings is 1. The standard InChI is InChI=1S/C8H11N.CH5N.2ClH/c1-9(2)8-6-4-3-5-7-8;1-2;;/h3-7H,1-2H3;2H2,1H3;2*1H. The monoisotopic (exact) mass is 224 g/mol. The van der Waals surface area contributed by atoms with Gasteiger partial charge in [0.2, 0.25) is 0 Å². The van der Waals surface area contributed by atoms with Crippen LogP contribution >= 0.6 is 24.8 Å². The summed E-state index contributed by atoms with van der Waals surface area (Å²) in [6, 6.07) is 10.3. The summed E-state index contributed by atoms with van der Waals surface area (Å²) in [5, 5.41) is 0. The second-order valence-corrected chi connectivity index (χ2v) is 2.23. The summed E-state index contributed by atoms with van der Waals surface area (Å²) in [6.45, 7) is 0. The number of para-hydroxylation sites is 1. The molecule has 0 heterocycles. The summed E-state index contributed by atoms with van der Waals surface area (Å²) in [6.07, 6.45) is 0. The van der Waals surface area contributed by atoms with Crippen LogP contribution < -0.4 is 10.6 Å². The summed E-state index contributed by atoms with van der Waals surface area (Å²) in [5.41, 5.74) is 5.75. The predicted molar refractivity (Wildman–Crippen MR) is 65.4 cm³/mol. The number of hydrogen-bond donors (Lipinski definition) is 1. The van der Waals surface area contributed by atoms with Crippen LogP contribution in [0.15, 0.2) is 30.3 Å². The number of nitrogens with two attached hydrogens (primary N) is 1. The van der Waals surface area contributed by atoms with Crippen LogP contribution in [0.1, 0.15) is 0 Å². The van der Waals surface area contributed by atoms with E-state index in [0.29, 0.717) is 0 Å². The van der Waals surface area contributed by atoms with Gasteiger partial charge in [-0.15, -0.1) is 24.8 Å². The maximum absolute atomic E-state index is 4.50. The van der Waals surface area contributed by atoms with Crippen molar-refractivity contribution in [2.24, 2.45) is 5.73 Å². The van der Waals surface area contributed by atoms with Gasteiger partial charge in [0.05, 0.1) is 0 Å². The molecular weight excluding hydrogens is 207 g/mol. The van der Waals surface area contributed by atoms with Crippen LogP contribution in [0.5, 0.6) is 0 Å². The minimum atomic E-state index is 0. The molecule has 0 aliphatic heterocycles. The molecule has 2 nitrogen and oxygen atoms in total. The van der Waals surface area contributed by atoms with E-state index in [1.807, 2.05) is 32.3 Å². The van der Waals surface area contributed by atoms with Gasteiger partial charge in [0.1, 0.15) is 0 Å². The third kappa shape index (κ3) is 7.91. The van der Waals surface area contributed by atoms with Crippen molar-refractivity contribution in [2.75, 3.05) is 26.0 Å². The second kappa shape index (κ2) is 11.6. The Kier molecular flexibility index (Phi) is 16.3. The molecule has 0 bridgehead atoms. The fourth-order valence-electron chi connectivity index (χ4n) is 0.726. The fraction of sp³-hybridized carbons (Fsp3) is 0.333. The average Bonchev–Trinajstić information content (AvgIpc) is 2.10. The lowest BCUT2D eigenvalue weighted by molar-refractivity contribution is 1.13. The topological polar surface area (TPSA) is 29.3 Å². The first-order valence-electron chi connectivity index (χ1n) is 3.61. The van der Waals surface area contributed by atoms with Gasteiger partial charge < -0.3 is 10.6 Å². The van der Waals surface area contributed by atoms with E-state index in [-0.39, 0.29) is 24.8 Å². The molecule has 0 radical (unpaired) electrons. The predicted octanol–water partition coefficient (Wildman–Crippen LogP) is 2.17. The Balaban J connectivity index is -0.000000234. The highest BCUT2D eigenvalue weighted by Gasteiger charge is 1.87. The summed E-state index contributed by atoms with van der Waals surface area (Å²) < 4.78 is 0. The Morgan fingerprint density at radius 3 is 1.54 bits per heavy atom. The molecule has 1 rings (SSSR count). The Hall–Kier alpha value is -0.440. The maximum atomic E-state index is 4.50. The fourth-order valence-corrected chi connectivity index (χ4v) is 0.726. The smallest absolute Gasteiger partial charge is 0.0360 e. The molecule has 0 aromatic heterocycles. The van der Waals surface area contributed by atoms with E-state index in [1.54, 1.807) is 0 Å². The van der Waals surface area contributed by atoms with E-state index in [9.17, 15) is 0 Å². The van der Waals surface area contributed by atoms with Crippen LogP contribution in [-0.2, 0) is 0 Å². The molecule has 2 N–H and O–H groups in total. The van der Waals surface area contributed by atoms with Gasteiger partial charge in [-0.1, -0.05) is 18.2 Å². The van der Waals surface area contributed by atoms with Crippen LogP contribution in [0.25, 0.3) is 0 Å². The van der Waals surface area contributed by atoms with Crippen LogP contribution in [0.2, 0.25) is 0 Å². The van der Waals surface area contributed by atoms with Crippen molar-refractivity contribution in [1.29, 1.82) is 0 Å². The van der Waals surface area contributed by atoms with Crippen molar-refractivity contribution in [3.63, 3.8) is 0 Å². The lowest BCUT2D eigenvalue weighted by atomic mass is 10.3. The van der Waals surface area contributed by atoms with E-state index >= 15 is 0 Å². The van der Waals surface area contributed by atoms with E-state index in [4.69, 9.17) is 0 Å². The zero-order valence-electron chi connectivity index (χ0n) is 8.23. The summed E-state index contributed by atoms with van der Waals surface area (Å²) >= 11 is 0. The maximum Gasteiger partial charge on any atom is 0.0360 e. The average molecular weight is 225 g/mol. The molecule has 0 fully saturated rings. The Bertz CT molecular complexity index is 178. The molecule has 13 heavy (non-hydrogen) atoms. The minimum Gasteiger partial charge on any atom is -0.378 e. The molecule has 4 heteroatoms. The zero-order valence-corrected chi connectivity index (χ0v) is 9.86. The molecule has 1 aromatic rings. The number of nitrogens with zero attached hydrogens (tertiary/aromatic N) is 1. The highest BCUT2D eigenvalue weighted by atomic mass is 35.5. The van der Waals surface area contributed by atoms with E-state index < -0.39 is 0 Å². The van der Waals surface area contributed by atoms with Gasteiger partial charge in [0.25, 0.3) is 0 Å². The van der Waals surface area contributed by atoms with Crippen molar-refractivity contribution in [3.05, 3.63) is 30.3 Å². The largest absolute Gasteiger partial charge is 0.378 e. The lowest BCUT2D eigenvalue weighted by Crippen LogP contribution is -2.07. The molecule has 1 aromatic carbocycles. The van der Waals surface area contributed by atoms with Crippen LogP contribution in [0, 0.1) is 0 Å². The lowest BCUT2D eigenvalue weighted by Gasteiger charge is -2.10. The van der Waals surface area contributed by atoms with E-state index in [1.165, 1.54) is 12.7 Å². The molecule has 0 unspecified atom stereocenters. The van der Waals surface area contributed by atoms with Gasteiger partial charge >= 0.3 is 0 Å². The van der Waals surface area contributed by atoms with Gasteiger partial charge in [-0.2, -0.15) is 0 Å². The normalized spacial score (nSPS) is 6.77. The van der Waals surface area contributed by atoms with E-state index in [2.05, 4.69) is 22.8 Å². The Morgan fingerprint density at radius 1 is 0.923 bits per heavy atom. The summed E-state index contributed by atoms with van der Waals surface area (Å²) in [4.78, 5) is 2.08. The number of rotatable bonds is 1. The third-order valence-corrected chi connectivity index (χ3v) is 1.27. The first kappa shape index (κ1) is 18.4. The Morgan fingerprint density at radius 2 is 1.31 bits per heavy atom. The van der Waals surface area contributed by atoms with Crippen molar-refractivity contribution in [3.8, 4) is 0 Å². The highest BCUT2D eigenvalue weighted by Crippen LogP contribution is 2.07. The summed E-state index contributed by atoms with van der Waals surface area (Å²) in [7, 11) is 5.57. The molecule has 0 amide bonds. The van der Waals surface area contributed by atoms with Crippen LogP contribution in [0.3, 0.4) is 0 Å². The van der Waals surface area contributed by atoms with Crippen molar-refractivity contribution in [2.45, 2.75) is 0 Å². The van der Waals surface area contributed by atoms with Gasteiger partial charge in [-0.25, -0.2) is 0 Å². The van der Waals surface area contributed by atoms with Gasteiger partial charge in [0.15, 0.2) is 0 Å². The van der Waals surface area contributed by atoms with Crippen molar-refractivity contribution in [1.82, 2.24) is 0 Å². The molecule has 0 aliphatic rings. The molecule has 0 saturated heterocycles. The number of hydrogen-bond acceptors (Lipinski definition) is 2. The first-order valence-corrected chi connectivity index (χ1v) is 3.61. The van der Waals surface area contributed by atoms with Crippen LogP contribution in [-0.4, -0.2) is 21.1 Å². The third-order valence-electron chi connectivity index (χ3n) is 1.27. The van der Waals surface area contributed by atoms with Gasteiger partial charge in [-0.05, 0) is 19.2 Å². The van der Waals surface area contributed by atoms with E-state index in [0.717, 1.165) is 0 Å². The second-order valence-electron chi connectivity index (χ2n) is 2.23. The molecule has 0 saturated carbocycles. The first-order chi connectivity index (χ1) is 5.30. The molecule has 0 aliphatic carbocycles. The SMILES string of the molecule is CN.CN(C)c1ccccc1.Cl.Cl. The van der Waals surface area contributed by atoms with Gasteiger partial charge in [-0.3, -0.25) is 0 Å². The summed E-state index contributed by atoms with van der Waals surface area (Å²) in [5.74, 6) is 0. The number of halogens is 2. The highest BCUT2D eigenvalue weighted by molar-refractivity contribution is 5.85. The minimum absolute atomic E-state index is 0.